The van der Waals surface area contributed by atoms with Crippen molar-refractivity contribution in [2.45, 2.75) is 12.5 Å². The van der Waals surface area contributed by atoms with Gasteiger partial charge in [-0.1, -0.05) is 6.07 Å². The van der Waals surface area contributed by atoms with Crippen LogP contribution in [0.1, 0.15) is 23.0 Å². The van der Waals surface area contributed by atoms with Crippen LogP contribution in [0.3, 0.4) is 0 Å². The highest BCUT2D eigenvalue weighted by Gasteiger charge is 2.41. The summed E-state index contributed by atoms with van der Waals surface area (Å²) in [4.78, 5) is 24.4. The molecule has 26 heavy (non-hydrogen) atoms. The van der Waals surface area contributed by atoms with E-state index in [0.717, 1.165) is 31.4 Å². The number of nitrogens with two attached hydrogens (primary N) is 1. The van der Waals surface area contributed by atoms with E-state index in [1.54, 1.807) is 0 Å². The predicted molar refractivity (Wildman–Crippen MR) is 83.0 cm³/mol. The maximum Gasteiger partial charge on any atom is 0.340 e. The molecule has 0 saturated heterocycles. The van der Waals surface area contributed by atoms with Gasteiger partial charge in [0.1, 0.15) is 29.6 Å². The monoisotopic (exact) mass is 365 g/mol. The number of aliphatic hydroxyl groups is 1. The van der Waals surface area contributed by atoms with E-state index >= 15 is 0 Å². The molecule has 2 heterocycles. The zero-order valence-corrected chi connectivity index (χ0v) is 13.4. The van der Waals surface area contributed by atoms with Crippen molar-refractivity contribution >= 4 is 5.97 Å². The Balaban J connectivity index is 2.39. The minimum absolute atomic E-state index is 0.177. The van der Waals surface area contributed by atoms with Crippen LogP contribution in [0, 0.1) is 11.6 Å². The number of aliphatic hydroxyl groups excluding tert-OH is 1. The molecule has 3 N–H and O–H groups in total. The Kier molecular flexibility index (Phi) is 4.47. The summed E-state index contributed by atoms with van der Waals surface area (Å²) in [5, 5.41) is 9.25. The van der Waals surface area contributed by atoms with Crippen LogP contribution in [0.5, 0.6) is 5.75 Å². The largest absolute Gasteiger partial charge is 0.465 e. The molecule has 1 aromatic heterocycles. The Morgan fingerprint density at radius 1 is 1.35 bits per heavy atom. The highest BCUT2D eigenvalue weighted by molar-refractivity contribution is 5.92. The molecule has 1 aromatic carbocycles. The minimum Gasteiger partial charge on any atom is -0.465 e. The molecule has 0 saturated carbocycles. The standard InChI is InChI=1S/C17H13F2NO6/c1-24-17(23)13-12(11-8(18)3-2-4-9(11)19)15-14(26-16(13)20)10(22)5-7(6-21)25-15/h2-5,12,21H,6,20H2,1H3. The average molecular weight is 365 g/mol. The quantitative estimate of drug-likeness (QED) is 0.788. The number of ether oxygens (including phenoxy) is 2. The molecule has 0 fully saturated rings. The third-order valence-electron chi connectivity index (χ3n) is 3.86. The lowest BCUT2D eigenvalue weighted by molar-refractivity contribution is -0.136. The van der Waals surface area contributed by atoms with E-state index < -0.39 is 58.3 Å². The average Bonchev–Trinajstić information content (AvgIpc) is 2.61. The summed E-state index contributed by atoms with van der Waals surface area (Å²) >= 11 is 0. The summed E-state index contributed by atoms with van der Waals surface area (Å²) in [7, 11) is 1.05. The number of benzene rings is 1. The Morgan fingerprint density at radius 2 is 2.00 bits per heavy atom. The lowest BCUT2D eigenvalue weighted by atomic mass is 9.86. The molecule has 0 aliphatic carbocycles. The third-order valence-corrected chi connectivity index (χ3v) is 3.86. The lowest BCUT2D eigenvalue weighted by Gasteiger charge is -2.27. The van der Waals surface area contributed by atoms with E-state index in [-0.39, 0.29) is 11.5 Å². The number of halogens is 2. The van der Waals surface area contributed by atoms with E-state index in [9.17, 15) is 23.5 Å². The van der Waals surface area contributed by atoms with Crippen LogP contribution in [-0.2, 0) is 16.1 Å². The van der Waals surface area contributed by atoms with Gasteiger partial charge in [0.2, 0.25) is 17.1 Å². The second-order valence-electron chi connectivity index (χ2n) is 5.37. The fraction of sp³-hybridized carbons (Fsp3) is 0.176. The van der Waals surface area contributed by atoms with E-state index in [4.69, 9.17) is 14.9 Å². The Hall–Kier alpha value is -3.20. The van der Waals surface area contributed by atoms with Crippen molar-refractivity contribution in [3.8, 4) is 5.75 Å². The summed E-state index contributed by atoms with van der Waals surface area (Å²) in [6, 6.07) is 4.04. The molecular weight excluding hydrogens is 352 g/mol. The number of methoxy groups -OCH3 is 1. The molecule has 0 spiro atoms. The molecule has 2 aromatic rings. The fourth-order valence-corrected chi connectivity index (χ4v) is 2.75. The van der Waals surface area contributed by atoms with Gasteiger partial charge in [-0.25, -0.2) is 13.6 Å². The molecule has 1 aliphatic rings. The first kappa shape index (κ1) is 17.6. The zero-order valence-electron chi connectivity index (χ0n) is 13.4. The maximum atomic E-state index is 14.4. The van der Waals surface area contributed by atoms with Crippen LogP contribution < -0.4 is 15.9 Å². The summed E-state index contributed by atoms with van der Waals surface area (Å²) in [6.45, 7) is -0.651. The molecule has 1 atom stereocenters. The first-order valence-electron chi connectivity index (χ1n) is 7.36. The molecule has 9 heteroatoms. The topological polar surface area (TPSA) is 112 Å². The summed E-state index contributed by atoms with van der Waals surface area (Å²) in [5.74, 6) is -6.04. The fourth-order valence-electron chi connectivity index (χ4n) is 2.75. The van der Waals surface area contributed by atoms with Gasteiger partial charge in [0.25, 0.3) is 0 Å². The van der Waals surface area contributed by atoms with Gasteiger partial charge in [0, 0.05) is 11.6 Å². The van der Waals surface area contributed by atoms with Gasteiger partial charge >= 0.3 is 5.97 Å². The second-order valence-corrected chi connectivity index (χ2v) is 5.37. The summed E-state index contributed by atoms with van der Waals surface area (Å²) < 4.78 is 44.0. The Bertz CT molecular complexity index is 961. The van der Waals surface area contributed by atoms with Gasteiger partial charge in [-0.05, 0) is 12.1 Å². The molecule has 1 unspecified atom stereocenters. The van der Waals surface area contributed by atoms with Gasteiger partial charge in [-0.15, -0.1) is 0 Å². The first-order valence-corrected chi connectivity index (χ1v) is 7.36. The van der Waals surface area contributed by atoms with Crippen molar-refractivity contribution in [2.24, 2.45) is 5.73 Å². The Morgan fingerprint density at radius 3 is 2.58 bits per heavy atom. The SMILES string of the molecule is COC(=O)C1=C(N)Oc2c(oc(CO)cc2=O)C1c1c(F)cccc1F. The number of fused-ring (bicyclic) bond motifs is 1. The van der Waals surface area contributed by atoms with Gasteiger partial charge in [0.15, 0.2) is 5.76 Å². The maximum absolute atomic E-state index is 14.4. The van der Waals surface area contributed by atoms with Crippen molar-refractivity contribution in [3.05, 3.63) is 74.7 Å². The predicted octanol–water partition coefficient (Wildman–Crippen LogP) is 1.28. The molecule has 136 valence electrons. The second kappa shape index (κ2) is 6.60. The van der Waals surface area contributed by atoms with Crippen molar-refractivity contribution in [1.29, 1.82) is 0 Å². The van der Waals surface area contributed by atoms with Crippen molar-refractivity contribution in [2.75, 3.05) is 7.11 Å². The van der Waals surface area contributed by atoms with Crippen LogP contribution in [0.25, 0.3) is 0 Å². The van der Waals surface area contributed by atoms with Crippen LogP contribution >= 0.6 is 0 Å². The van der Waals surface area contributed by atoms with Crippen LogP contribution in [0.4, 0.5) is 8.78 Å². The van der Waals surface area contributed by atoms with Gasteiger partial charge in [-0.3, -0.25) is 4.79 Å². The normalized spacial score (nSPS) is 16.1. The number of rotatable bonds is 3. The first-order chi connectivity index (χ1) is 12.4. The number of hydrogen-bond donors (Lipinski definition) is 2. The van der Waals surface area contributed by atoms with Crippen LogP contribution in [-0.4, -0.2) is 18.2 Å². The minimum atomic E-state index is -1.54. The number of carbonyl (C=O) groups excluding carboxylic acids is 1. The number of carbonyl (C=O) groups is 1. The van der Waals surface area contributed by atoms with E-state index in [2.05, 4.69) is 4.74 Å². The molecule has 0 bridgehead atoms. The highest BCUT2D eigenvalue weighted by atomic mass is 19.1. The van der Waals surface area contributed by atoms with E-state index in [1.165, 1.54) is 0 Å². The molecule has 3 rings (SSSR count). The summed E-state index contributed by atoms with van der Waals surface area (Å²) in [5.41, 5.74) is 3.99. The third kappa shape index (κ3) is 2.72. The van der Waals surface area contributed by atoms with Crippen molar-refractivity contribution in [3.63, 3.8) is 0 Å². The number of esters is 1. The van der Waals surface area contributed by atoms with Gasteiger partial charge < -0.3 is 24.7 Å². The number of hydrogen-bond acceptors (Lipinski definition) is 7. The lowest BCUT2D eigenvalue weighted by Crippen LogP contribution is -2.30. The molecule has 0 amide bonds. The van der Waals surface area contributed by atoms with Crippen molar-refractivity contribution < 1.29 is 32.6 Å². The van der Waals surface area contributed by atoms with Crippen molar-refractivity contribution in [1.82, 2.24) is 0 Å². The van der Waals surface area contributed by atoms with E-state index in [0.29, 0.717) is 0 Å². The van der Waals surface area contributed by atoms with Gasteiger partial charge in [0.05, 0.1) is 13.0 Å². The molecule has 7 nitrogen and oxygen atoms in total. The highest BCUT2D eigenvalue weighted by Crippen LogP contribution is 2.43. The Labute approximate surface area is 145 Å². The zero-order chi connectivity index (χ0) is 19.0. The molecule has 1 aliphatic heterocycles. The molecule has 0 radical (unpaired) electrons. The van der Waals surface area contributed by atoms with E-state index in [1.807, 2.05) is 0 Å². The summed E-state index contributed by atoms with van der Waals surface area (Å²) in [6.07, 6.45) is 0. The molecular formula is C17H13F2NO6. The van der Waals surface area contributed by atoms with Gasteiger partial charge in [-0.2, -0.15) is 0 Å². The van der Waals surface area contributed by atoms with Crippen LogP contribution in [0.15, 0.2) is 44.9 Å². The van der Waals surface area contributed by atoms with Crippen LogP contribution in [0.2, 0.25) is 0 Å². The smallest absolute Gasteiger partial charge is 0.340 e.